The van der Waals surface area contributed by atoms with E-state index in [4.69, 9.17) is 0 Å². The van der Waals surface area contributed by atoms with Crippen molar-refractivity contribution < 1.29 is 9.59 Å². The molecule has 1 amide bonds. The summed E-state index contributed by atoms with van der Waals surface area (Å²) < 4.78 is 0. The Morgan fingerprint density at radius 1 is 1.15 bits per heavy atom. The Morgan fingerprint density at radius 2 is 1.75 bits per heavy atom. The second kappa shape index (κ2) is 7.22. The van der Waals surface area contributed by atoms with Gasteiger partial charge in [0.05, 0.1) is 0 Å². The molecule has 1 saturated carbocycles. The molecule has 3 heteroatoms. The van der Waals surface area contributed by atoms with Crippen molar-refractivity contribution in [3.63, 3.8) is 0 Å². The normalized spacial score (nSPS) is 16.4. The monoisotopic (exact) mass is 273 g/mol. The van der Waals surface area contributed by atoms with E-state index in [-0.39, 0.29) is 5.78 Å². The van der Waals surface area contributed by atoms with Crippen molar-refractivity contribution in [1.82, 2.24) is 0 Å². The lowest BCUT2D eigenvalue weighted by molar-refractivity contribution is -0.107. The van der Waals surface area contributed by atoms with Gasteiger partial charge in [0.2, 0.25) is 6.41 Å². The third kappa shape index (κ3) is 3.92. The average molecular weight is 273 g/mol. The Labute approximate surface area is 121 Å². The minimum Gasteiger partial charge on any atom is -0.318 e. The summed E-state index contributed by atoms with van der Waals surface area (Å²) in [6.45, 7) is 0. The lowest BCUT2D eigenvalue weighted by atomic mass is 9.92. The fraction of sp³-hybridized carbons (Fsp3) is 0.529. The Hall–Kier alpha value is -1.64. The van der Waals surface area contributed by atoms with E-state index in [0.717, 1.165) is 17.7 Å². The summed E-state index contributed by atoms with van der Waals surface area (Å²) in [7, 11) is 1.70. The summed E-state index contributed by atoms with van der Waals surface area (Å²) in [5, 5.41) is 0. The predicted octanol–water partition coefficient (Wildman–Crippen LogP) is 3.82. The number of hydrogen-bond donors (Lipinski definition) is 0. The maximum absolute atomic E-state index is 12.3. The topological polar surface area (TPSA) is 37.4 Å². The number of hydrogen-bond acceptors (Lipinski definition) is 2. The number of benzene rings is 1. The number of anilines is 1. The molecule has 0 radical (unpaired) electrons. The highest BCUT2D eigenvalue weighted by molar-refractivity contribution is 5.96. The summed E-state index contributed by atoms with van der Waals surface area (Å²) in [5.74, 6) is 0.791. The van der Waals surface area contributed by atoms with Crippen LogP contribution in [0.1, 0.15) is 55.3 Å². The largest absolute Gasteiger partial charge is 0.318 e. The molecule has 1 fully saturated rings. The van der Waals surface area contributed by atoms with Gasteiger partial charge in [0.25, 0.3) is 0 Å². The third-order valence-corrected chi connectivity index (χ3v) is 4.20. The van der Waals surface area contributed by atoms with E-state index < -0.39 is 0 Å². The van der Waals surface area contributed by atoms with Crippen LogP contribution in [0.3, 0.4) is 0 Å². The summed E-state index contributed by atoms with van der Waals surface area (Å²) in [4.78, 5) is 24.5. The lowest BCUT2D eigenvalue weighted by Gasteiger charge is -2.14. The van der Waals surface area contributed by atoms with Crippen LogP contribution in [0.5, 0.6) is 0 Å². The van der Waals surface area contributed by atoms with Crippen molar-refractivity contribution >= 4 is 17.9 Å². The molecule has 0 unspecified atom stereocenters. The zero-order valence-electron chi connectivity index (χ0n) is 12.2. The molecule has 0 atom stereocenters. The summed E-state index contributed by atoms with van der Waals surface area (Å²) in [6.07, 6.45) is 8.98. The number of carbonyl (C=O) groups is 2. The second-order valence-corrected chi connectivity index (χ2v) is 5.75. The van der Waals surface area contributed by atoms with Gasteiger partial charge in [-0.1, -0.05) is 38.5 Å². The van der Waals surface area contributed by atoms with Gasteiger partial charge in [-0.05, 0) is 30.2 Å². The van der Waals surface area contributed by atoms with Crippen LogP contribution in [0.2, 0.25) is 0 Å². The SMILES string of the molecule is CN(C=O)c1ccc(C(=O)CC2CCCCCC2)cc1. The Bertz CT molecular complexity index is 445. The quantitative estimate of drug-likeness (QED) is 0.464. The van der Waals surface area contributed by atoms with Gasteiger partial charge in [0.1, 0.15) is 0 Å². The van der Waals surface area contributed by atoms with E-state index >= 15 is 0 Å². The van der Waals surface area contributed by atoms with Crippen molar-refractivity contribution in [1.29, 1.82) is 0 Å². The number of carbonyl (C=O) groups excluding carboxylic acids is 2. The highest BCUT2D eigenvalue weighted by Crippen LogP contribution is 2.27. The van der Waals surface area contributed by atoms with Gasteiger partial charge in [-0.15, -0.1) is 0 Å². The molecular formula is C17H23NO2. The maximum Gasteiger partial charge on any atom is 0.213 e. The lowest BCUT2D eigenvalue weighted by Crippen LogP contribution is -2.14. The van der Waals surface area contributed by atoms with Crippen molar-refractivity contribution in [2.45, 2.75) is 44.9 Å². The number of nitrogens with zero attached hydrogens (tertiary/aromatic N) is 1. The molecule has 0 saturated heterocycles. The number of rotatable bonds is 5. The van der Waals surface area contributed by atoms with Crippen molar-refractivity contribution in [2.75, 3.05) is 11.9 Å². The molecule has 3 nitrogen and oxygen atoms in total. The van der Waals surface area contributed by atoms with Crippen LogP contribution >= 0.6 is 0 Å². The van der Waals surface area contributed by atoms with Crippen molar-refractivity contribution in [3.8, 4) is 0 Å². The van der Waals surface area contributed by atoms with Gasteiger partial charge >= 0.3 is 0 Å². The van der Waals surface area contributed by atoms with E-state index in [1.807, 2.05) is 24.3 Å². The number of amides is 1. The Kier molecular flexibility index (Phi) is 5.33. The van der Waals surface area contributed by atoms with Crippen LogP contribution in [0.4, 0.5) is 5.69 Å². The van der Waals surface area contributed by atoms with E-state index in [1.54, 1.807) is 7.05 Å². The molecule has 1 aromatic carbocycles. The zero-order chi connectivity index (χ0) is 14.4. The first-order valence-corrected chi connectivity index (χ1v) is 7.52. The maximum atomic E-state index is 12.3. The highest BCUT2D eigenvalue weighted by atomic mass is 16.1. The van der Waals surface area contributed by atoms with Gasteiger partial charge in [0.15, 0.2) is 5.78 Å². The van der Waals surface area contributed by atoms with Crippen LogP contribution in [-0.4, -0.2) is 19.2 Å². The molecule has 0 heterocycles. The molecule has 0 aromatic heterocycles. The van der Waals surface area contributed by atoms with Gasteiger partial charge in [-0.3, -0.25) is 9.59 Å². The van der Waals surface area contributed by atoms with Gasteiger partial charge in [-0.2, -0.15) is 0 Å². The number of ketones is 1. The molecule has 2 rings (SSSR count). The standard InChI is InChI=1S/C17H23NO2/c1-18(13-19)16-10-8-15(9-11-16)17(20)12-14-6-4-2-3-5-7-14/h8-11,13-14H,2-7,12H2,1H3. The fourth-order valence-corrected chi connectivity index (χ4v) is 2.89. The van der Waals surface area contributed by atoms with E-state index in [2.05, 4.69) is 0 Å². The first-order valence-electron chi connectivity index (χ1n) is 7.52. The van der Waals surface area contributed by atoms with E-state index in [0.29, 0.717) is 12.3 Å². The molecule has 20 heavy (non-hydrogen) atoms. The first kappa shape index (κ1) is 14.8. The first-order chi connectivity index (χ1) is 9.70. The minimum absolute atomic E-state index is 0.234. The van der Waals surface area contributed by atoms with Crippen molar-refractivity contribution in [2.24, 2.45) is 5.92 Å². The van der Waals surface area contributed by atoms with Crippen LogP contribution in [0.25, 0.3) is 0 Å². The minimum atomic E-state index is 0.234. The molecule has 0 spiro atoms. The number of Topliss-reactive ketones (excluding diaryl/α,β-unsaturated/α-hetero) is 1. The second-order valence-electron chi connectivity index (χ2n) is 5.75. The molecule has 1 aliphatic rings. The van der Waals surface area contributed by atoms with Crippen LogP contribution in [0.15, 0.2) is 24.3 Å². The Balaban J connectivity index is 1.96. The average Bonchev–Trinajstić information content (AvgIpc) is 2.75. The summed E-state index contributed by atoms with van der Waals surface area (Å²) in [6, 6.07) is 7.31. The zero-order valence-corrected chi connectivity index (χ0v) is 12.2. The van der Waals surface area contributed by atoms with E-state index in [9.17, 15) is 9.59 Å². The van der Waals surface area contributed by atoms with Crippen LogP contribution in [-0.2, 0) is 4.79 Å². The highest BCUT2D eigenvalue weighted by Gasteiger charge is 2.17. The van der Waals surface area contributed by atoms with Gasteiger partial charge in [-0.25, -0.2) is 0 Å². The molecule has 1 aliphatic carbocycles. The third-order valence-electron chi connectivity index (χ3n) is 4.20. The van der Waals surface area contributed by atoms with Crippen LogP contribution < -0.4 is 4.90 Å². The molecule has 0 bridgehead atoms. The smallest absolute Gasteiger partial charge is 0.213 e. The predicted molar refractivity (Wildman–Crippen MR) is 81.0 cm³/mol. The van der Waals surface area contributed by atoms with Crippen molar-refractivity contribution in [3.05, 3.63) is 29.8 Å². The Morgan fingerprint density at radius 3 is 2.30 bits per heavy atom. The molecule has 1 aromatic rings. The van der Waals surface area contributed by atoms with Gasteiger partial charge < -0.3 is 4.90 Å². The molecular weight excluding hydrogens is 250 g/mol. The summed E-state index contributed by atoms with van der Waals surface area (Å²) >= 11 is 0. The molecule has 0 aliphatic heterocycles. The molecule has 108 valence electrons. The van der Waals surface area contributed by atoms with E-state index in [1.165, 1.54) is 43.4 Å². The fourth-order valence-electron chi connectivity index (χ4n) is 2.89. The van der Waals surface area contributed by atoms with Gasteiger partial charge in [0, 0.05) is 24.7 Å². The molecule has 0 N–H and O–H groups in total. The van der Waals surface area contributed by atoms with Crippen LogP contribution in [0, 0.1) is 5.92 Å². The summed E-state index contributed by atoms with van der Waals surface area (Å²) in [5.41, 5.74) is 1.57.